The number of ether oxygens (including phenoxy) is 16. The molecule has 12 fully saturated rings. The van der Waals surface area contributed by atoms with E-state index in [1.165, 1.54) is 13.8 Å². The summed E-state index contributed by atoms with van der Waals surface area (Å²) in [7, 11) is 0. The quantitative estimate of drug-likeness (QED) is 0.0345. The van der Waals surface area contributed by atoms with Crippen LogP contribution in [0.1, 0.15) is 127 Å². The fraction of sp³-hybridized carbons (Fsp3) is 0.959. The van der Waals surface area contributed by atoms with Crippen LogP contribution < -0.4 is 0 Å². The van der Waals surface area contributed by atoms with Gasteiger partial charge in [0.15, 0.2) is 50.1 Å². The first-order valence-electron chi connectivity index (χ1n) is 39.2. The average molecular weight is 1600 g/mol. The lowest BCUT2D eigenvalue weighted by molar-refractivity contribution is -0.381. The third-order valence-corrected chi connectivity index (χ3v) is 28.2. The summed E-state index contributed by atoms with van der Waals surface area (Å²) in [6, 6.07) is 0. The van der Waals surface area contributed by atoms with E-state index in [9.17, 15) is 102 Å². The molecule has 44 atom stereocenters. The van der Waals surface area contributed by atoms with Gasteiger partial charge in [0, 0.05) is 0 Å². The molecule has 0 spiro atoms. The van der Waals surface area contributed by atoms with Crippen LogP contribution in [-0.4, -0.2) is 375 Å². The first-order chi connectivity index (χ1) is 52.1. The summed E-state index contributed by atoms with van der Waals surface area (Å²) >= 11 is 0. The van der Waals surface area contributed by atoms with E-state index in [0.29, 0.717) is 51.4 Å². The first-order valence-corrected chi connectivity index (χ1v) is 39.2. The summed E-state index contributed by atoms with van der Waals surface area (Å²) in [6.07, 6.45) is -52.2. The van der Waals surface area contributed by atoms with Gasteiger partial charge in [-0.1, -0.05) is 60.1 Å². The van der Waals surface area contributed by atoms with Crippen LogP contribution in [0.5, 0.6) is 0 Å². The SMILES string of the molecule is C[C@@H]1O[C@H](OC[C@H]2O[C@@H](OC(=O)[C@]34CCC(C)(C)C[C@@H]3C3=CC[C@@H]5[C@@]6(C)CC[C@H](O[C@@H]7O[C@H](CO[C@@H]8OC[C@H](O)[C@H](O)[C@H]8O[C@@H]8OC[C@@H](O)[C@H](O)[C@H]8O)[C@@H](O)[C@H](O)[C@H]7O)C(C)(C)[C@H]6CC[C@@]5(C)[C@]3(C)CC4)[C@H](O[C@@H]3O[C@@H](C)[C@H](O[C@@H]4OC[C@@H](O)[C@H](O[C@@H]5OC[C@@H](O)[C@H](O)[C@H]5O)[C@H]4O)[C@@H](O)[C@H]3O)[C@@H](O)[C@@H]2O)[C@H](O)[C@H](O)[C@H]1O. The Kier molecular flexibility index (Phi) is 25.8. The van der Waals surface area contributed by atoms with Crippen molar-refractivity contribution in [3.8, 4) is 0 Å². The normalized spacial score (nSPS) is 54.8. The Bertz CT molecular complexity index is 3180. The zero-order valence-electron chi connectivity index (χ0n) is 63.9. The minimum Gasteiger partial charge on any atom is -0.432 e. The number of esters is 1. The summed E-state index contributed by atoms with van der Waals surface area (Å²) in [5.74, 6) is -0.989. The number of aliphatic hydroxyl groups excluding tert-OH is 20. The highest BCUT2D eigenvalue weighted by Gasteiger charge is 2.71. The first kappa shape index (κ1) is 86.7. The van der Waals surface area contributed by atoms with E-state index >= 15 is 4.79 Å². The summed E-state index contributed by atoms with van der Waals surface area (Å²) in [6.45, 7) is 15.4. The molecule has 0 aromatic rings. The Hall–Kier alpha value is -2.19. The van der Waals surface area contributed by atoms with E-state index in [2.05, 4.69) is 54.5 Å². The van der Waals surface area contributed by atoms with Crippen LogP contribution in [0.15, 0.2) is 11.6 Å². The van der Waals surface area contributed by atoms with Gasteiger partial charge in [-0.15, -0.1) is 0 Å². The number of aliphatic hydroxyl groups is 20. The second-order valence-electron chi connectivity index (χ2n) is 35.8. The molecule has 0 bridgehead atoms. The Morgan fingerprint density at radius 2 is 0.874 bits per heavy atom. The maximum absolute atomic E-state index is 16.0. The number of hydrogen-bond donors (Lipinski definition) is 20. The van der Waals surface area contributed by atoms with Crippen molar-refractivity contribution in [2.45, 2.75) is 354 Å². The molecule has 13 rings (SSSR count). The number of carbonyl (C=O) groups excluding carboxylic acids is 1. The highest BCUT2D eigenvalue weighted by atomic mass is 16.8. The maximum atomic E-state index is 16.0. The number of carbonyl (C=O) groups is 1. The topological polar surface area (TPSA) is 569 Å². The Balaban J connectivity index is 0.709. The van der Waals surface area contributed by atoms with E-state index in [4.69, 9.17) is 75.8 Å². The predicted molar refractivity (Wildman–Crippen MR) is 366 cm³/mol. The van der Waals surface area contributed by atoms with Gasteiger partial charge in [0.2, 0.25) is 6.29 Å². The second kappa shape index (κ2) is 33.1. The maximum Gasteiger partial charge on any atom is 0.315 e. The van der Waals surface area contributed by atoms with Crippen molar-refractivity contribution < 1.29 is 183 Å². The molecule has 13 aliphatic rings. The van der Waals surface area contributed by atoms with Gasteiger partial charge in [0.25, 0.3) is 0 Å². The monoisotopic (exact) mass is 1600 g/mol. The molecule has 8 saturated heterocycles. The van der Waals surface area contributed by atoms with Gasteiger partial charge in [-0.3, -0.25) is 4.79 Å². The minimum absolute atomic E-state index is 0.0310. The van der Waals surface area contributed by atoms with Crippen LogP contribution in [0, 0.1) is 50.2 Å². The van der Waals surface area contributed by atoms with Crippen molar-refractivity contribution in [2.24, 2.45) is 50.2 Å². The van der Waals surface area contributed by atoms with Gasteiger partial charge in [-0.2, -0.15) is 0 Å². The van der Waals surface area contributed by atoms with Gasteiger partial charge < -0.3 is 178 Å². The van der Waals surface area contributed by atoms with Crippen LogP contribution in [0.4, 0.5) is 0 Å². The van der Waals surface area contributed by atoms with Crippen LogP contribution in [0.2, 0.25) is 0 Å². The van der Waals surface area contributed by atoms with E-state index in [-0.39, 0.29) is 28.1 Å². The summed E-state index contributed by atoms with van der Waals surface area (Å²) in [5, 5.41) is 220. The molecular weight excluding hydrogens is 1480 g/mol. The van der Waals surface area contributed by atoms with E-state index in [1.54, 1.807) is 0 Å². The van der Waals surface area contributed by atoms with Gasteiger partial charge in [0.05, 0.1) is 63.4 Å². The molecule has 5 aliphatic carbocycles. The van der Waals surface area contributed by atoms with Crippen molar-refractivity contribution in [2.75, 3.05) is 39.6 Å². The van der Waals surface area contributed by atoms with Crippen molar-refractivity contribution >= 4 is 5.97 Å². The summed E-state index contributed by atoms with van der Waals surface area (Å²) in [4.78, 5) is 16.0. The van der Waals surface area contributed by atoms with Crippen molar-refractivity contribution in [1.82, 2.24) is 0 Å². The van der Waals surface area contributed by atoms with Gasteiger partial charge in [0.1, 0.15) is 153 Å². The smallest absolute Gasteiger partial charge is 0.315 e. The second-order valence-corrected chi connectivity index (χ2v) is 35.8. The van der Waals surface area contributed by atoms with Crippen LogP contribution >= 0.6 is 0 Å². The highest BCUT2D eigenvalue weighted by Crippen LogP contribution is 2.76. The zero-order chi connectivity index (χ0) is 80.6. The zero-order valence-corrected chi connectivity index (χ0v) is 63.9. The Morgan fingerprint density at radius 3 is 1.51 bits per heavy atom. The molecule has 111 heavy (non-hydrogen) atoms. The molecule has 0 aromatic heterocycles. The molecule has 20 N–H and O–H groups in total. The number of fused-ring (bicyclic) bond motifs is 7. The van der Waals surface area contributed by atoms with Crippen molar-refractivity contribution in [3.05, 3.63) is 11.6 Å². The molecule has 8 heterocycles. The fourth-order valence-electron chi connectivity index (χ4n) is 21.0. The molecule has 638 valence electrons. The van der Waals surface area contributed by atoms with Crippen LogP contribution in [-0.2, 0) is 80.6 Å². The molecule has 0 radical (unpaired) electrons. The van der Waals surface area contributed by atoms with E-state index in [0.717, 1.165) is 18.4 Å². The number of rotatable bonds is 18. The van der Waals surface area contributed by atoms with Gasteiger partial charge in [-0.05, 0) is 123 Å². The standard InChI is InChI=1S/C74H120O37/c1-27-40(79)46(85)52(91)60(102-27)100-25-36-45(84)48(87)59(110-64-54(93)49(88)56(28(2)103-64)107-63-55(94)57(34(78)24-98-63)108-61-50(89)41(80)31(75)21-96-61)67(105-36)111-68(95)74-18-16-69(3,4)20-30(74)29-10-11-38-71(7)14-13-39(70(5,6)37(71)12-15-73(38,9)72(29,8)17-19-74)106-65-53(92)47(86)44(83)35(104-65)26-101-66-58(43(82)33(77)23-99-66)109-62-51(90)42(81)32(76)22-97-62/h10,27-28,30-67,75-94H,11-26H2,1-9H3/t27-,28-,30+,31+,32+,33-,34+,35+,36+,37+,38+,39-,40-,41-,42-,43-,44+,45+,46+,47-,48-,49-,50+,51+,52+,53+,54+,55+,56-,57-,58+,59+,60-,61-,62-,63-,64-,65-,66-,67-,71-,72+,73+,74-/m0/s1. The molecular formula is C74H120O37. The largest absolute Gasteiger partial charge is 0.432 e. The lowest BCUT2D eigenvalue weighted by Gasteiger charge is -2.71. The van der Waals surface area contributed by atoms with Crippen molar-refractivity contribution in [3.63, 3.8) is 0 Å². The lowest BCUT2D eigenvalue weighted by Crippen LogP contribution is -2.67. The molecule has 0 aromatic carbocycles. The third-order valence-electron chi connectivity index (χ3n) is 28.2. The lowest BCUT2D eigenvalue weighted by atomic mass is 9.33. The summed E-state index contributed by atoms with van der Waals surface area (Å²) in [5.41, 5.74) is -2.12. The molecule has 4 saturated carbocycles. The Morgan fingerprint density at radius 1 is 0.405 bits per heavy atom. The van der Waals surface area contributed by atoms with Crippen LogP contribution in [0.25, 0.3) is 0 Å². The molecule has 0 unspecified atom stereocenters. The highest BCUT2D eigenvalue weighted by molar-refractivity contribution is 5.79. The molecule has 37 nitrogen and oxygen atoms in total. The predicted octanol–water partition coefficient (Wildman–Crippen LogP) is -6.13. The van der Waals surface area contributed by atoms with Crippen molar-refractivity contribution in [1.29, 1.82) is 0 Å². The third kappa shape index (κ3) is 15.8. The van der Waals surface area contributed by atoms with E-state index < -0.39 is 295 Å². The summed E-state index contributed by atoms with van der Waals surface area (Å²) < 4.78 is 95.4. The van der Waals surface area contributed by atoms with E-state index in [1.807, 2.05) is 0 Å². The minimum atomic E-state index is -2.07. The number of allylic oxidation sites excluding steroid dienone is 2. The number of hydrogen-bond acceptors (Lipinski definition) is 37. The molecule has 0 amide bonds. The Labute approximate surface area is 641 Å². The van der Waals surface area contributed by atoms with Gasteiger partial charge in [-0.25, -0.2) is 0 Å². The molecule has 8 aliphatic heterocycles. The van der Waals surface area contributed by atoms with Crippen LogP contribution in [0.3, 0.4) is 0 Å². The average Bonchev–Trinajstić information content (AvgIpc) is 0.674. The fourth-order valence-corrected chi connectivity index (χ4v) is 21.0. The van der Waals surface area contributed by atoms with Gasteiger partial charge >= 0.3 is 5.97 Å². The molecule has 37 heteroatoms.